The molecular weight excluding hydrogens is 244 g/mol. The summed E-state index contributed by atoms with van der Waals surface area (Å²) in [6.07, 6.45) is 12.4. The number of hydrogen-bond donors (Lipinski definition) is 1. The second-order valence-corrected chi connectivity index (χ2v) is 7.99. The van der Waals surface area contributed by atoms with Crippen LogP contribution in [0.2, 0.25) is 0 Å². The molecule has 0 aromatic carbocycles. The molecule has 1 N–H and O–H groups in total. The van der Waals surface area contributed by atoms with E-state index in [1.54, 1.807) is 0 Å². The van der Waals surface area contributed by atoms with Crippen LogP contribution in [0.15, 0.2) is 11.6 Å². The molecular formula is C18H32N2. The molecule has 0 amide bonds. The number of nitrogens with one attached hydrogen (secondary N) is 1. The van der Waals surface area contributed by atoms with E-state index < -0.39 is 0 Å². The Morgan fingerprint density at radius 1 is 1.20 bits per heavy atom. The highest BCUT2D eigenvalue weighted by molar-refractivity contribution is 5.11. The normalized spacial score (nSPS) is 34.1. The molecule has 1 aliphatic heterocycles. The van der Waals surface area contributed by atoms with Gasteiger partial charge in [-0.15, -0.1) is 0 Å². The van der Waals surface area contributed by atoms with E-state index in [1.165, 1.54) is 63.6 Å². The van der Waals surface area contributed by atoms with Gasteiger partial charge in [-0.3, -0.25) is 4.90 Å². The van der Waals surface area contributed by atoms with Gasteiger partial charge in [0.25, 0.3) is 0 Å². The third kappa shape index (κ3) is 2.82. The largest absolute Gasteiger partial charge is 0.308 e. The van der Waals surface area contributed by atoms with Crippen molar-refractivity contribution in [1.82, 2.24) is 10.2 Å². The highest BCUT2D eigenvalue weighted by Crippen LogP contribution is 2.46. The molecule has 3 aliphatic rings. The number of allylic oxidation sites excluding steroid dienone is 1. The minimum Gasteiger partial charge on any atom is -0.308 e. The zero-order chi connectivity index (χ0) is 14.2. The third-order valence-corrected chi connectivity index (χ3v) is 6.02. The lowest BCUT2D eigenvalue weighted by molar-refractivity contribution is -0.00366. The van der Waals surface area contributed by atoms with Crippen LogP contribution >= 0.6 is 0 Å². The highest BCUT2D eigenvalue weighted by Gasteiger charge is 2.51. The van der Waals surface area contributed by atoms with Gasteiger partial charge in [-0.05, 0) is 52.4 Å². The fourth-order valence-electron chi connectivity index (χ4n) is 4.32. The maximum atomic E-state index is 4.00. The van der Waals surface area contributed by atoms with Gasteiger partial charge in [-0.2, -0.15) is 0 Å². The lowest BCUT2D eigenvalue weighted by Gasteiger charge is -2.55. The van der Waals surface area contributed by atoms with Gasteiger partial charge in [0.2, 0.25) is 0 Å². The third-order valence-electron chi connectivity index (χ3n) is 6.02. The van der Waals surface area contributed by atoms with E-state index in [1.807, 2.05) is 0 Å². The molecule has 2 aliphatic carbocycles. The molecule has 2 nitrogen and oxygen atoms in total. The van der Waals surface area contributed by atoms with Crippen LogP contribution < -0.4 is 5.32 Å². The molecule has 2 saturated carbocycles. The predicted octanol–water partition coefficient (Wildman–Crippen LogP) is 3.73. The van der Waals surface area contributed by atoms with Crippen molar-refractivity contribution in [1.29, 1.82) is 0 Å². The minimum absolute atomic E-state index is 0.397. The molecule has 1 unspecified atom stereocenters. The van der Waals surface area contributed by atoms with Gasteiger partial charge in [-0.25, -0.2) is 0 Å². The summed E-state index contributed by atoms with van der Waals surface area (Å²) < 4.78 is 0. The summed E-state index contributed by atoms with van der Waals surface area (Å²) in [7, 11) is 0. The van der Waals surface area contributed by atoms with Gasteiger partial charge < -0.3 is 5.32 Å². The van der Waals surface area contributed by atoms with Crippen molar-refractivity contribution in [3.05, 3.63) is 11.6 Å². The molecule has 0 aromatic rings. The maximum absolute atomic E-state index is 4.00. The van der Waals surface area contributed by atoms with Crippen LogP contribution in [0.4, 0.5) is 0 Å². The second kappa shape index (κ2) is 5.46. The molecule has 1 saturated heterocycles. The quantitative estimate of drug-likeness (QED) is 0.790. The van der Waals surface area contributed by atoms with Gasteiger partial charge in [-0.1, -0.05) is 30.9 Å². The zero-order valence-electron chi connectivity index (χ0n) is 13.7. The highest BCUT2D eigenvalue weighted by atomic mass is 15.3. The summed E-state index contributed by atoms with van der Waals surface area (Å²) in [6, 6.07) is 0. The van der Waals surface area contributed by atoms with Gasteiger partial charge in [0.15, 0.2) is 0 Å². The predicted molar refractivity (Wildman–Crippen MR) is 86.0 cm³/mol. The van der Waals surface area contributed by atoms with Crippen LogP contribution in [0, 0.1) is 5.92 Å². The van der Waals surface area contributed by atoms with E-state index in [-0.39, 0.29) is 0 Å². The smallest absolute Gasteiger partial charge is 0.0338 e. The summed E-state index contributed by atoms with van der Waals surface area (Å²) in [5, 5.41) is 4.00. The van der Waals surface area contributed by atoms with Gasteiger partial charge in [0, 0.05) is 30.7 Å². The maximum Gasteiger partial charge on any atom is 0.0338 e. The zero-order valence-corrected chi connectivity index (χ0v) is 13.7. The fourth-order valence-corrected chi connectivity index (χ4v) is 4.32. The van der Waals surface area contributed by atoms with E-state index in [0.29, 0.717) is 11.1 Å². The van der Waals surface area contributed by atoms with Gasteiger partial charge in [0.1, 0.15) is 0 Å². The molecule has 3 rings (SSSR count). The first-order valence-corrected chi connectivity index (χ1v) is 8.68. The van der Waals surface area contributed by atoms with Crippen molar-refractivity contribution in [2.45, 2.75) is 76.8 Å². The first-order valence-electron chi connectivity index (χ1n) is 8.68. The lowest BCUT2D eigenvalue weighted by Crippen LogP contribution is -2.70. The first kappa shape index (κ1) is 14.6. The minimum atomic E-state index is 0.397. The van der Waals surface area contributed by atoms with Crippen LogP contribution in [0.25, 0.3) is 0 Å². The Morgan fingerprint density at radius 2 is 1.90 bits per heavy atom. The van der Waals surface area contributed by atoms with Crippen molar-refractivity contribution in [2.75, 3.05) is 19.6 Å². The topological polar surface area (TPSA) is 15.3 Å². The van der Waals surface area contributed by atoms with Crippen LogP contribution in [-0.2, 0) is 0 Å². The van der Waals surface area contributed by atoms with Crippen molar-refractivity contribution in [2.24, 2.45) is 5.92 Å². The Morgan fingerprint density at radius 3 is 2.50 bits per heavy atom. The van der Waals surface area contributed by atoms with Gasteiger partial charge >= 0.3 is 0 Å². The van der Waals surface area contributed by atoms with Crippen LogP contribution in [0.1, 0.15) is 65.7 Å². The van der Waals surface area contributed by atoms with Crippen molar-refractivity contribution in [3.8, 4) is 0 Å². The Hall–Kier alpha value is -0.340. The van der Waals surface area contributed by atoms with Gasteiger partial charge in [0.05, 0.1) is 0 Å². The lowest BCUT2D eigenvalue weighted by atomic mass is 9.76. The Labute approximate surface area is 125 Å². The number of piperazine rings is 1. The number of rotatable bonds is 3. The van der Waals surface area contributed by atoms with E-state index in [0.717, 1.165) is 12.5 Å². The fraction of sp³-hybridized carbons (Fsp3) is 0.889. The second-order valence-electron chi connectivity index (χ2n) is 7.99. The summed E-state index contributed by atoms with van der Waals surface area (Å²) in [4.78, 5) is 2.82. The number of hydrogen-bond acceptors (Lipinski definition) is 2. The van der Waals surface area contributed by atoms with Crippen LogP contribution in [0.5, 0.6) is 0 Å². The van der Waals surface area contributed by atoms with Crippen molar-refractivity contribution < 1.29 is 0 Å². The molecule has 1 heterocycles. The summed E-state index contributed by atoms with van der Waals surface area (Å²) in [6.45, 7) is 10.6. The summed E-state index contributed by atoms with van der Waals surface area (Å²) >= 11 is 0. The van der Waals surface area contributed by atoms with Crippen molar-refractivity contribution >= 4 is 0 Å². The van der Waals surface area contributed by atoms with E-state index in [2.05, 4.69) is 37.1 Å². The van der Waals surface area contributed by atoms with E-state index in [9.17, 15) is 0 Å². The standard InChI is InChI=1S/C18H32N2/c1-15(2)9-12-20-14-18(10-5-4-6-11-18)19-13-17(20,3)16-7-8-16/h9,16,19H,4-8,10-14H2,1-3H3. The Kier molecular flexibility index (Phi) is 3.98. The van der Waals surface area contributed by atoms with Crippen LogP contribution in [-0.4, -0.2) is 35.6 Å². The number of nitrogens with zero attached hydrogens (tertiary/aromatic N) is 1. The van der Waals surface area contributed by atoms with Crippen LogP contribution in [0.3, 0.4) is 0 Å². The summed E-state index contributed by atoms with van der Waals surface area (Å²) in [5.74, 6) is 0.932. The molecule has 1 spiro atoms. The van der Waals surface area contributed by atoms with Crippen molar-refractivity contribution in [3.63, 3.8) is 0 Å². The average molecular weight is 276 g/mol. The molecule has 1 atom stereocenters. The molecule has 3 fully saturated rings. The molecule has 0 bridgehead atoms. The molecule has 20 heavy (non-hydrogen) atoms. The first-order chi connectivity index (χ1) is 9.54. The van der Waals surface area contributed by atoms with E-state index >= 15 is 0 Å². The summed E-state index contributed by atoms with van der Waals surface area (Å²) in [5.41, 5.74) is 2.29. The average Bonchev–Trinajstić information content (AvgIpc) is 3.26. The monoisotopic (exact) mass is 276 g/mol. The molecule has 0 aromatic heterocycles. The molecule has 0 radical (unpaired) electrons. The molecule has 2 heteroatoms. The Balaban J connectivity index is 1.76. The molecule has 114 valence electrons. The Bertz CT molecular complexity index is 373. The van der Waals surface area contributed by atoms with E-state index in [4.69, 9.17) is 0 Å². The SMILES string of the molecule is CC(C)=CCN1CC2(CCCCC2)NCC1(C)C1CC1.